The van der Waals surface area contributed by atoms with Gasteiger partial charge in [0.25, 0.3) is 0 Å². The van der Waals surface area contributed by atoms with Gasteiger partial charge in [0.05, 0.1) is 5.89 Å². The van der Waals surface area contributed by atoms with E-state index in [1.807, 2.05) is 0 Å². The first-order chi connectivity index (χ1) is 9.99. The largest absolute Gasteiger partial charge is 0.296 e. The number of imide groups is 1. The molecule has 2 rings (SSSR count). The third-order valence-corrected chi connectivity index (χ3v) is 2.96. The van der Waals surface area contributed by atoms with E-state index >= 15 is 0 Å². The van der Waals surface area contributed by atoms with E-state index in [0.29, 0.717) is 5.56 Å². The Kier molecular flexibility index (Phi) is 2.69. The SMILES string of the molecule is [2H]C1([2H])CC([2H])(c2c(F)cc(C(C)C)cc2F)C(=O)NC1=O. The van der Waals surface area contributed by atoms with Crippen LogP contribution in [0.25, 0.3) is 0 Å². The van der Waals surface area contributed by atoms with Gasteiger partial charge in [0.15, 0.2) is 0 Å². The van der Waals surface area contributed by atoms with Crippen molar-refractivity contribution in [1.82, 2.24) is 5.32 Å². The van der Waals surface area contributed by atoms with Crippen LogP contribution in [-0.2, 0) is 9.59 Å². The van der Waals surface area contributed by atoms with Crippen molar-refractivity contribution in [1.29, 1.82) is 0 Å². The fraction of sp³-hybridized carbons (Fsp3) is 0.429. The summed E-state index contributed by atoms with van der Waals surface area (Å²) in [5, 5.41) is 1.68. The number of halogens is 2. The molecule has 1 atom stereocenters. The molecule has 1 fully saturated rings. The zero-order chi connectivity index (χ0) is 16.9. The molecule has 2 amide bonds. The van der Waals surface area contributed by atoms with E-state index in [4.69, 9.17) is 4.11 Å². The van der Waals surface area contributed by atoms with Crippen LogP contribution in [0.1, 0.15) is 53.7 Å². The molecule has 5 heteroatoms. The van der Waals surface area contributed by atoms with E-state index < -0.39 is 47.7 Å². The lowest BCUT2D eigenvalue weighted by Gasteiger charge is -2.22. The van der Waals surface area contributed by atoms with Crippen LogP contribution in [0.15, 0.2) is 12.1 Å². The summed E-state index contributed by atoms with van der Waals surface area (Å²) in [5.74, 6) is -7.34. The van der Waals surface area contributed by atoms with Gasteiger partial charge >= 0.3 is 0 Å². The fourth-order valence-electron chi connectivity index (χ4n) is 1.89. The molecule has 1 heterocycles. The van der Waals surface area contributed by atoms with Crippen molar-refractivity contribution >= 4 is 11.8 Å². The van der Waals surface area contributed by atoms with Crippen molar-refractivity contribution in [2.24, 2.45) is 0 Å². The zero-order valence-corrected chi connectivity index (χ0v) is 10.5. The van der Waals surface area contributed by atoms with Crippen LogP contribution in [0.5, 0.6) is 0 Å². The van der Waals surface area contributed by atoms with Gasteiger partial charge in [0.2, 0.25) is 11.8 Å². The number of piperidine rings is 1. The molecule has 1 aliphatic heterocycles. The monoisotopic (exact) mass is 270 g/mol. The highest BCUT2D eigenvalue weighted by Gasteiger charge is 2.32. The summed E-state index contributed by atoms with van der Waals surface area (Å²) in [7, 11) is 0. The fourth-order valence-corrected chi connectivity index (χ4v) is 1.89. The van der Waals surface area contributed by atoms with E-state index in [0.717, 1.165) is 12.1 Å². The van der Waals surface area contributed by atoms with E-state index in [1.54, 1.807) is 19.2 Å². The lowest BCUT2D eigenvalue weighted by atomic mass is 9.88. The highest BCUT2D eigenvalue weighted by atomic mass is 19.1. The molecule has 102 valence electrons. The molecule has 0 radical (unpaired) electrons. The Bertz CT molecular complexity index is 640. The first-order valence-electron chi connectivity index (χ1n) is 7.34. The van der Waals surface area contributed by atoms with Gasteiger partial charge < -0.3 is 0 Å². The molecule has 1 aromatic rings. The first-order valence-corrected chi connectivity index (χ1v) is 5.84. The Morgan fingerprint density at radius 3 is 2.47 bits per heavy atom. The number of nitrogens with one attached hydrogen (secondary N) is 1. The number of hydrogen-bond acceptors (Lipinski definition) is 2. The molecule has 1 unspecified atom stereocenters. The van der Waals surface area contributed by atoms with Gasteiger partial charge in [-0.1, -0.05) is 13.8 Å². The molecule has 1 N–H and O–H groups in total. The normalized spacial score (nSPS) is 28.6. The zero-order valence-electron chi connectivity index (χ0n) is 13.5. The van der Waals surface area contributed by atoms with Gasteiger partial charge in [0, 0.05) is 16.0 Å². The Labute approximate surface area is 114 Å². The van der Waals surface area contributed by atoms with E-state index in [2.05, 4.69) is 0 Å². The highest BCUT2D eigenvalue weighted by molar-refractivity contribution is 6.00. The smallest absolute Gasteiger partial charge is 0.234 e. The van der Waals surface area contributed by atoms with Crippen LogP contribution < -0.4 is 5.32 Å². The van der Waals surface area contributed by atoms with Crippen LogP contribution >= 0.6 is 0 Å². The molecule has 0 bridgehead atoms. The molecule has 0 aromatic heterocycles. The standard InChI is InChI=1S/C14H15F2NO2/c1-7(2)8-5-10(15)13(11(16)6-8)9-3-4-12(18)17-14(9)19/h5-7,9H,3-4H2,1-2H3,(H,17,18,19)/i4D2,9D. The third kappa shape index (κ3) is 2.64. The van der Waals surface area contributed by atoms with Crippen molar-refractivity contribution in [2.45, 2.75) is 38.5 Å². The Morgan fingerprint density at radius 2 is 1.95 bits per heavy atom. The lowest BCUT2D eigenvalue weighted by Crippen LogP contribution is -2.40. The molecule has 3 nitrogen and oxygen atoms in total. The summed E-state index contributed by atoms with van der Waals surface area (Å²) in [5.41, 5.74) is -0.483. The molecule has 1 saturated heterocycles. The number of benzene rings is 1. The maximum Gasteiger partial charge on any atom is 0.234 e. The molecule has 0 aliphatic carbocycles. The van der Waals surface area contributed by atoms with E-state index in [9.17, 15) is 18.4 Å². The quantitative estimate of drug-likeness (QED) is 0.840. The summed E-state index contributed by atoms with van der Waals surface area (Å²) in [6.07, 6.45) is -3.51. The molecule has 19 heavy (non-hydrogen) atoms. The Morgan fingerprint density at radius 1 is 1.37 bits per heavy atom. The van der Waals surface area contributed by atoms with Crippen molar-refractivity contribution in [2.75, 3.05) is 0 Å². The molecule has 1 aliphatic rings. The Balaban J connectivity index is 2.59. The predicted octanol–water partition coefficient (Wildman–Crippen LogP) is 2.61. The van der Waals surface area contributed by atoms with Gasteiger partial charge in [-0.05, 0) is 30.0 Å². The maximum absolute atomic E-state index is 14.3. The minimum absolute atomic E-state index is 0.159. The van der Waals surface area contributed by atoms with Gasteiger partial charge in [-0.2, -0.15) is 0 Å². The second-order valence-corrected chi connectivity index (χ2v) is 4.63. The minimum Gasteiger partial charge on any atom is -0.296 e. The van der Waals surface area contributed by atoms with Crippen molar-refractivity contribution < 1.29 is 22.5 Å². The summed E-state index contributed by atoms with van der Waals surface area (Å²) in [4.78, 5) is 23.3. The van der Waals surface area contributed by atoms with Gasteiger partial charge in [-0.3, -0.25) is 14.9 Å². The van der Waals surface area contributed by atoms with Crippen molar-refractivity contribution in [3.05, 3.63) is 34.9 Å². The van der Waals surface area contributed by atoms with E-state index in [1.165, 1.54) is 0 Å². The number of amides is 2. The second kappa shape index (κ2) is 5.07. The van der Waals surface area contributed by atoms with Gasteiger partial charge in [0.1, 0.15) is 11.6 Å². The predicted molar refractivity (Wildman–Crippen MR) is 65.6 cm³/mol. The summed E-state index contributed by atoms with van der Waals surface area (Å²) in [6, 6.07) is 2.05. The molecule has 0 spiro atoms. The second-order valence-electron chi connectivity index (χ2n) is 4.63. The number of carbonyl (C=O) groups is 2. The number of rotatable bonds is 2. The summed E-state index contributed by atoms with van der Waals surface area (Å²) < 4.78 is 51.7. The van der Waals surface area contributed by atoms with Gasteiger partial charge in [-0.25, -0.2) is 8.78 Å². The molecule has 0 saturated carbocycles. The van der Waals surface area contributed by atoms with Crippen molar-refractivity contribution in [3.8, 4) is 0 Å². The topological polar surface area (TPSA) is 46.2 Å². The average Bonchev–Trinajstić information content (AvgIpc) is 2.35. The number of carbonyl (C=O) groups excluding carboxylic acids is 2. The minimum atomic E-state index is -2.56. The maximum atomic E-state index is 14.3. The van der Waals surface area contributed by atoms with Crippen molar-refractivity contribution in [3.63, 3.8) is 0 Å². The number of hydrogen-bond donors (Lipinski definition) is 1. The summed E-state index contributed by atoms with van der Waals surface area (Å²) >= 11 is 0. The molecular formula is C14H15F2NO2. The lowest BCUT2D eigenvalue weighted by molar-refractivity contribution is -0.134. The molecule has 1 aromatic carbocycles. The van der Waals surface area contributed by atoms with Crippen LogP contribution in [-0.4, -0.2) is 11.8 Å². The van der Waals surface area contributed by atoms with Crippen LogP contribution in [0.4, 0.5) is 8.78 Å². The third-order valence-electron chi connectivity index (χ3n) is 2.96. The first kappa shape index (κ1) is 10.1. The Hall–Kier alpha value is -1.78. The average molecular weight is 270 g/mol. The highest BCUT2D eigenvalue weighted by Crippen LogP contribution is 2.31. The van der Waals surface area contributed by atoms with Crippen LogP contribution in [0, 0.1) is 11.6 Å². The molecular weight excluding hydrogens is 252 g/mol. The summed E-state index contributed by atoms with van der Waals surface area (Å²) in [6.45, 7) is 3.46. The van der Waals surface area contributed by atoms with Crippen LogP contribution in [0.2, 0.25) is 0 Å². The van der Waals surface area contributed by atoms with Gasteiger partial charge in [-0.15, -0.1) is 0 Å². The van der Waals surface area contributed by atoms with Crippen LogP contribution in [0.3, 0.4) is 0 Å². The van der Waals surface area contributed by atoms with E-state index in [-0.39, 0.29) is 5.92 Å².